The van der Waals surface area contributed by atoms with Crippen molar-refractivity contribution in [2.45, 2.75) is 40.0 Å². The number of aryl methyl sites for hydroxylation is 2. The van der Waals surface area contributed by atoms with Crippen molar-refractivity contribution in [3.8, 4) is 0 Å². The largest absolute Gasteiger partial charge is 0.303 e. The van der Waals surface area contributed by atoms with Gasteiger partial charge in [0.25, 0.3) is 0 Å². The Morgan fingerprint density at radius 2 is 1.65 bits per heavy atom. The molecular weight excluding hydrogens is 434 g/mol. The first-order valence-corrected chi connectivity index (χ1v) is 13.2. The molecule has 1 saturated heterocycles. The molecule has 1 aromatic heterocycles. The van der Waals surface area contributed by atoms with Gasteiger partial charge >= 0.3 is 0 Å². The Morgan fingerprint density at radius 3 is 2.35 bits per heavy atom. The smallest absolute Gasteiger partial charge is 0.203 e. The third-order valence-corrected chi connectivity index (χ3v) is 8.45. The molecule has 0 spiro atoms. The highest BCUT2D eigenvalue weighted by atomic mass is 32.1. The fourth-order valence-corrected chi connectivity index (χ4v) is 6.46. The molecule has 0 radical (unpaired) electrons. The summed E-state index contributed by atoms with van der Waals surface area (Å²) in [5, 5.41) is 1.20. The molecule has 3 aromatic carbocycles. The van der Waals surface area contributed by atoms with E-state index in [0.717, 1.165) is 52.4 Å². The fourth-order valence-electron chi connectivity index (χ4n) is 5.29. The number of nitrogens with zero attached hydrogens (tertiary/aromatic N) is 1. The molecule has 34 heavy (non-hydrogen) atoms. The van der Waals surface area contributed by atoms with Crippen molar-refractivity contribution in [3.63, 3.8) is 0 Å². The minimum atomic E-state index is 0.156. The van der Waals surface area contributed by atoms with Crippen molar-refractivity contribution in [3.05, 3.63) is 105 Å². The van der Waals surface area contributed by atoms with Crippen molar-refractivity contribution in [2.75, 3.05) is 19.6 Å². The van der Waals surface area contributed by atoms with Gasteiger partial charge < -0.3 is 4.90 Å². The van der Waals surface area contributed by atoms with E-state index in [1.165, 1.54) is 40.7 Å². The normalized spacial score (nSPS) is 16.4. The van der Waals surface area contributed by atoms with E-state index >= 15 is 0 Å². The zero-order valence-electron chi connectivity index (χ0n) is 20.4. The first kappa shape index (κ1) is 23.0. The first-order chi connectivity index (χ1) is 16.5. The zero-order chi connectivity index (χ0) is 23.7. The second-order valence-electron chi connectivity index (χ2n) is 9.94. The molecule has 174 valence electrons. The van der Waals surface area contributed by atoms with Gasteiger partial charge in [-0.1, -0.05) is 67.6 Å². The van der Waals surface area contributed by atoms with E-state index in [2.05, 4.69) is 60.4 Å². The molecule has 1 unspecified atom stereocenters. The van der Waals surface area contributed by atoms with E-state index in [-0.39, 0.29) is 5.78 Å². The Bertz CT molecular complexity index is 1300. The zero-order valence-corrected chi connectivity index (χ0v) is 21.3. The lowest BCUT2D eigenvalue weighted by molar-refractivity contribution is 0.104. The molecule has 0 amide bonds. The Balaban J connectivity index is 1.41. The van der Waals surface area contributed by atoms with Crippen LogP contribution < -0.4 is 0 Å². The summed E-state index contributed by atoms with van der Waals surface area (Å²) in [6, 6.07) is 23.6. The lowest BCUT2D eigenvalue weighted by atomic mass is 9.94. The molecule has 5 rings (SSSR count). The summed E-state index contributed by atoms with van der Waals surface area (Å²) in [5.74, 6) is 0.992. The SMILES string of the molecule is Cc1cccc(C)c1C(=O)c1sc2ccccc2c1Cc1ccc(CCN2CCC(C)C2)cc1. The van der Waals surface area contributed by atoms with Crippen molar-refractivity contribution < 1.29 is 4.79 Å². The monoisotopic (exact) mass is 467 g/mol. The Labute approximate surface area is 207 Å². The summed E-state index contributed by atoms with van der Waals surface area (Å²) >= 11 is 1.63. The summed E-state index contributed by atoms with van der Waals surface area (Å²) in [6.07, 6.45) is 3.21. The number of likely N-dealkylation sites (tertiary alicyclic amines) is 1. The molecule has 1 fully saturated rings. The van der Waals surface area contributed by atoms with Gasteiger partial charge in [-0.3, -0.25) is 4.79 Å². The van der Waals surface area contributed by atoms with Crippen LogP contribution in [0.2, 0.25) is 0 Å². The standard InChI is InChI=1S/C31H33NOS/c1-21-15-17-32(20-21)18-16-24-11-13-25(14-12-24)19-27-26-9-4-5-10-28(26)34-31(27)30(33)29-22(2)7-6-8-23(29)3/h4-14,21H,15-20H2,1-3H3. The van der Waals surface area contributed by atoms with E-state index in [0.29, 0.717) is 0 Å². The second-order valence-corrected chi connectivity index (χ2v) is 11.0. The fraction of sp³-hybridized carbons (Fsp3) is 0.323. The predicted molar refractivity (Wildman–Crippen MR) is 144 cm³/mol. The van der Waals surface area contributed by atoms with Gasteiger partial charge in [-0.2, -0.15) is 0 Å². The van der Waals surface area contributed by atoms with Gasteiger partial charge in [-0.15, -0.1) is 11.3 Å². The number of thiophene rings is 1. The van der Waals surface area contributed by atoms with Gasteiger partial charge in [0.05, 0.1) is 4.88 Å². The van der Waals surface area contributed by atoms with Gasteiger partial charge in [0, 0.05) is 23.4 Å². The van der Waals surface area contributed by atoms with Gasteiger partial charge in [-0.25, -0.2) is 0 Å². The van der Waals surface area contributed by atoms with E-state index < -0.39 is 0 Å². The molecule has 1 atom stereocenters. The molecule has 4 aromatic rings. The number of benzene rings is 3. The van der Waals surface area contributed by atoms with Crippen molar-refractivity contribution in [1.82, 2.24) is 4.90 Å². The lowest BCUT2D eigenvalue weighted by Gasteiger charge is -2.15. The quantitative estimate of drug-likeness (QED) is 0.267. The van der Waals surface area contributed by atoms with Crippen LogP contribution in [0.15, 0.2) is 66.7 Å². The van der Waals surface area contributed by atoms with Crippen LogP contribution in [0, 0.1) is 19.8 Å². The van der Waals surface area contributed by atoms with Gasteiger partial charge in [0.2, 0.25) is 5.78 Å². The number of carbonyl (C=O) groups excluding carboxylic acids is 1. The van der Waals surface area contributed by atoms with Crippen LogP contribution in [0.25, 0.3) is 10.1 Å². The Morgan fingerprint density at radius 1 is 0.941 bits per heavy atom. The van der Waals surface area contributed by atoms with E-state index in [1.807, 2.05) is 32.0 Å². The molecule has 0 N–H and O–H groups in total. The minimum Gasteiger partial charge on any atom is -0.303 e. The van der Waals surface area contributed by atoms with E-state index in [1.54, 1.807) is 11.3 Å². The summed E-state index contributed by atoms with van der Waals surface area (Å²) in [7, 11) is 0. The highest BCUT2D eigenvalue weighted by Gasteiger charge is 2.22. The molecule has 1 aliphatic rings. The average Bonchev–Trinajstić information content (AvgIpc) is 3.42. The van der Waals surface area contributed by atoms with E-state index in [9.17, 15) is 4.79 Å². The van der Waals surface area contributed by atoms with Crippen LogP contribution in [-0.4, -0.2) is 30.3 Å². The lowest BCUT2D eigenvalue weighted by Crippen LogP contribution is -2.22. The number of carbonyl (C=O) groups is 1. The Hall–Kier alpha value is -2.75. The average molecular weight is 468 g/mol. The van der Waals surface area contributed by atoms with Crippen molar-refractivity contribution in [2.24, 2.45) is 5.92 Å². The number of fused-ring (bicyclic) bond motifs is 1. The second kappa shape index (κ2) is 9.85. The van der Waals surface area contributed by atoms with Crippen LogP contribution in [0.4, 0.5) is 0 Å². The molecule has 2 heterocycles. The molecule has 3 heteroatoms. The van der Waals surface area contributed by atoms with E-state index in [4.69, 9.17) is 0 Å². The van der Waals surface area contributed by atoms with Crippen LogP contribution in [0.3, 0.4) is 0 Å². The highest BCUT2D eigenvalue weighted by Crippen LogP contribution is 2.35. The maximum atomic E-state index is 13.8. The Kier molecular flexibility index (Phi) is 6.67. The minimum absolute atomic E-state index is 0.156. The van der Waals surface area contributed by atoms with Crippen LogP contribution in [0.5, 0.6) is 0 Å². The third-order valence-electron chi connectivity index (χ3n) is 7.24. The van der Waals surface area contributed by atoms with Crippen LogP contribution >= 0.6 is 11.3 Å². The van der Waals surface area contributed by atoms with Gasteiger partial charge in [0.15, 0.2) is 0 Å². The van der Waals surface area contributed by atoms with Crippen molar-refractivity contribution >= 4 is 27.2 Å². The number of hydrogen-bond donors (Lipinski definition) is 0. The molecule has 0 saturated carbocycles. The summed E-state index contributed by atoms with van der Waals surface area (Å²) in [6.45, 7) is 10.0. The predicted octanol–water partition coefficient (Wildman–Crippen LogP) is 7.22. The maximum Gasteiger partial charge on any atom is 0.203 e. The number of ketones is 1. The summed E-state index contributed by atoms with van der Waals surface area (Å²) in [4.78, 5) is 17.2. The van der Waals surface area contributed by atoms with Crippen LogP contribution in [-0.2, 0) is 12.8 Å². The first-order valence-electron chi connectivity index (χ1n) is 12.4. The van der Waals surface area contributed by atoms with Crippen LogP contribution in [0.1, 0.15) is 56.4 Å². The summed E-state index contributed by atoms with van der Waals surface area (Å²) in [5.41, 5.74) is 6.76. The van der Waals surface area contributed by atoms with Gasteiger partial charge in [-0.05, 0) is 84.8 Å². The molecule has 1 aliphatic heterocycles. The van der Waals surface area contributed by atoms with Gasteiger partial charge in [0.1, 0.15) is 0 Å². The topological polar surface area (TPSA) is 20.3 Å². The molecule has 0 bridgehead atoms. The number of rotatable bonds is 7. The maximum absolute atomic E-state index is 13.8. The molecule has 0 aliphatic carbocycles. The molecule has 2 nitrogen and oxygen atoms in total. The number of hydrogen-bond acceptors (Lipinski definition) is 3. The highest BCUT2D eigenvalue weighted by molar-refractivity contribution is 7.21. The third kappa shape index (κ3) is 4.73. The van der Waals surface area contributed by atoms with Crippen molar-refractivity contribution in [1.29, 1.82) is 0 Å². The summed E-state index contributed by atoms with van der Waals surface area (Å²) < 4.78 is 1.18. The molecular formula is C31H33NOS.